The Morgan fingerprint density at radius 1 is 1.22 bits per heavy atom. The fraction of sp³-hybridized carbons (Fsp3) is 0.400. The maximum absolute atomic E-state index is 12.9. The van der Waals surface area contributed by atoms with Crippen molar-refractivity contribution in [1.29, 1.82) is 0 Å². The third-order valence-electron chi connectivity index (χ3n) is 2.43. The van der Waals surface area contributed by atoms with Crippen LogP contribution in [0.4, 0.5) is 17.6 Å². The van der Waals surface area contributed by atoms with E-state index in [1.807, 2.05) is 0 Å². The highest BCUT2D eigenvalue weighted by Crippen LogP contribution is 2.38. The van der Waals surface area contributed by atoms with Crippen LogP contribution < -0.4 is 10.3 Å². The van der Waals surface area contributed by atoms with Crippen molar-refractivity contribution in [3.05, 3.63) is 34.9 Å². The number of halogens is 4. The van der Waals surface area contributed by atoms with Crippen LogP contribution in [0.3, 0.4) is 0 Å². The number of alkyl halides is 4. The lowest BCUT2D eigenvalue weighted by Gasteiger charge is -2.07. The summed E-state index contributed by atoms with van der Waals surface area (Å²) in [5, 5.41) is 8.72. The van der Waals surface area contributed by atoms with Gasteiger partial charge in [0.05, 0.1) is 0 Å². The second-order valence-corrected chi connectivity index (χ2v) is 4.48. The highest BCUT2D eigenvalue weighted by molar-refractivity contribution is 7.80. The normalized spacial score (nSPS) is 16.4. The van der Waals surface area contributed by atoms with E-state index in [-0.39, 0.29) is 11.1 Å². The zero-order chi connectivity index (χ0) is 13.9. The molecular weight excluding hydrogens is 272 g/mol. The third kappa shape index (κ3) is 4.04. The molecule has 0 spiro atoms. The molecule has 4 N–H and O–H groups in total. The van der Waals surface area contributed by atoms with Crippen LogP contribution in [0.15, 0.2) is 18.2 Å². The van der Waals surface area contributed by atoms with Crippen LogP contribution >= 0.6 is 0 Å². The van der Waals surface area contributed by atoms with Crippen molar-refractivity contribution in [2.24, 2.45) is 10.3 Å². The average Bonchev–Trinajstić information content (AvgIpc) is 2.49. The van der Waals surface area contributed by atoms with Gasteiger partial charge in [0.15, 0.2) is 11.2 Å². The fourth-order valence-corrected chi connectivity index (χ4v) is 1.84. The largest absolute Gasteiger partial charge is 0.264 e. The summed E-state index contributed by atoms with van der Waals surface area (Å²) < 4.78 is 59.8. The van der Waals surface area contributed by atoms with E-state index < -0.39 is 36.4 Å². The number of benzene rings is 1. The van der Waals surface area contributed by atoms with Crippen LogP contribution in [-0.2, 0) is 24.0 Å². The quantitative estimate of drug-likeness (QED) is 0.759. The molecule has 0 aromatic heterocycles. The molecule has 0 aliphatic heterocycles. The van der Waals surface area contributed by atoms with Crippen molar-refractivity contribution in [2.75, 3.05) is 0 Å². The summed E-state index contributed by atoms with van der Waals surface area (Å²) in [7, 11) is 0. The Kier molecular flexibility index (Phi) is 4.83. The monoisotopic (exact) mass is 284 g/mol. The molecule has 1 aromatic carbocycles. The Balaban J connectivity index is 0.000000357. The number of hydrogen-bond acceptors (Lipinski definition) is 1. The summed E-state index contributed by atoms with van der Waals surface area (Å²) in [6.07, 6.45) is -3.63. The lowest BCUT2D eigenvalue weighted by atomic mass is 10.0. The van der Waals surface area contributed by atoms with Gasteiger partial charge in [-0.05, 0) is 11.1 Å². The number of rotatable bonds is 1. The Morgan fingerprint density at radius 3 is 2.28 bits per heavy atom. The van der Waals surface area contributed by atoms with Gasteiger partial charge in [-0.1, -0.05) is 18.2 Å². The second kappa shape index (κ2) is 5.77. The van der Waals surface area contributed by atoms with Crippen LogP contribution in [0.2, 0.25) is 0 Å². The van der Waals surface area contributed by atoms with Gasteiger partial charge in [-0.25, -0.2) is 32.0 Å². The molecule has 1 aliphatic rings. The van der Waals surface area contributed by atoms with E-state index in [4.69, 9.17) is 4.21 Å². The van der Waals surface area contributed by atoms with E-state index in [1.165, 1.54) is 18.2 Å². The molecule has 0 heterocycles. The van der Waals surface area contributed by atoms with Crippen LogP contribution in [0.25, 0.3) is 0 Å². The van der Waals surface area contributed by atoms with Crippen molar-refractivity contribution < 1.29 is 21.8 Å². The van der Waals surface area contributed by atoms with Crippen LogP contribution in [0, 0.1) is 0 Å². The first-order chi connectivity index (χ1) is 8.23. The molecule has 0 fully saturated rings. The first-order valence-corrected chi connectivity index (χ1v) is 6.18. The lowest BCUT2D eigenvalue weighted by molar-refractivity contribution is 0.0126. The highest BCUT2D eigenvalue weighted by Gasteiger charge is 2.39. The predicted octanol–water partition coefficient (Wildman–Crippen LogP) is 1.84. The molecule has 3 nitrogen and oxygen atoms in total. The minimum absolute atomic E-state index is 0.132. The van der Waals surface area contributed by atoms with Crippen molar-refractivity contribution >= 4 is 11.2 Å². The molecule has 0 saturated heterocycles. The standard InChI is InChI=1S/C10H8F4.H4N2OS/c11-9(12)7-3-1-2-6-4-10(13,14)5-8(6)7;1-4(2)3/h1-3,9H,4-5H2;1-2H2. The molecule has 18 heavy (non-hydrogen) atoms. The molecule has 0 amide bonds. The van der Waals surface area contributed by atoms with Gasteiger partial charge in [0.2, 0.25) is 0 Å². The maximum Gasteiger partial charge on any atom is 0.264 e. The molecule has 2 rings (SSSR count). The summed E-state index contributed by atoms with van der Waals surface area (Å²) >= 11 is -1.61. The molecule has 1 aromatic rings. The van der Waals surface area contributed by atoms with Gasteiger partial charge in [0.1, 0.15) is 0 Å². The molecule has 8 heteroatoms. The Morgan fingerprint density at radius 2 is 1.78 bits per heavy atom. The summed E-state index contributed by atoms with van der Waals surface area (Å²) in [5.41, 5.74) is 0.236. The molecule has 102 valence electrons. The molecule has 0 bridgehead atoms. The number of hydrogen-bond donors (Lipinski definition) is 2. The maximum atomic E-state index is 12.9. The van der Waals surface area contributed by atoms with Gasteiger partial charge >= 0.3 is 0 Å². The number of fused-ring (bicyclic) bond motifs is 1. The minimum atomic E-state index is -2.85. The lowest BCUT2D eigenvalue weighted by Crippen LogP contribution is -2.14. The number of nitrogens with two attached hydrogens (primary N) is 2. The van der Waals surface area contributed by atoms with Gasteiger partial charge in [-0.2, -0.15) is 0 Å². The SMILES string of the molecule is FC(F)c1cccc2c1CC(F)(F)C2.NS(N)=O. The Bertz CT molecular complexity index is 450. The summed E-state index contributed by atoms with van der Waals surface area (Å²) in [5.74, 6) is -2.85. The average molecular weight is 284 g/mol. The van der Waals surface area contributed by atoms with Crippen molar-refractivity contribution in [2.45, 2.75) is 25.2 Å². The van der Waals surface area contributed by atoms with Gasteiger partial charge in [-0.15, -0.1) is 0 Å². The van der Waals surface area contributed by atoms with E-state index in [0.29, 0.717) is 5.56 Å². The van der Waals surface area contributed by atoms with E-state index in [9.17, 15) is 17.6 Å². The van der Waals surface area contributed by atoms with E-state index >= 15 is 0 Å². The Labute approximate surface area is 104 Å². The van der Waals surface area contributed by atoms with Crippen molar-refractivity contribution in [1.82, 2.24) is 0 Å². The van der Waals surface area contributed by atoms with Crippen molar-refractivity contribution in [3.63, 3.8) is 0 Å². The van der Waals surface area contributed by atoms with Crippen LogP contribution in [-0.4, -0.2) is 10.1 Å². The predicted molar refractivity (Wildman–Crippen MR) is 60.3 cm³/mol. The summed E-state index contributed by atoms with van der Waals surface area (Å²) in [4.78, 5) is 0. The molecule has 0 unspecified atom stereocenters. The van der Waals surface area contributed by atoms with Crippen LogP contribution in [0.5, 0.6) is 0 Å². The highest BCUT2D eigenvalue weighted by atomic mass is 32.2. The smallest absolute Gasteiger partial charge is 0.239 e. The zero-order valence-electron chi connectivity index (χ0n) is 9.21. The van der Waals surface area contributed by atoms with Gasteiger partial charge in [-0.3, -0.25) is 0 Å². The molecule has 0 atom stereocenters. The third-order valence-corrected chi connectivity index (χ3v) is 2.43. The van der Waals surface area contributed by atoms with Crippen molar-refractivity contribution in [3.8, 4) is 0 Å². The first-order valence-electron chi connectivity index (χ1n) is 4.90. The van der Waals surface area contributed by atoms with E-state index in [2.05, 4.69) is 10.3 Å². The summed E-state index contributed by atoms with van der Waals surface area (Å²) in [6.45, 7) is 0. The van der Waals surface area contributed by atoms with E-state index in [0.717, 1.165) is 0 Å². The first kappa shape index (κ1) is 15.1. The van der Waals surface area contributed by atoms with Gasteiger partial charge in [0, 0.05) is 18.4 Å². The topological polar surface area (TPSA) is 69.1 Å². The van der Waals surface area contributed by atoms with Crippen LogP contribution in [0.1, 0.15) is 23.1 Å². The zero-order valence-corrected chi connectivity index (χ0v) is 10.0. The fourth-order valence-electron chi connectivity index (χ4n) is 1.84. The second-order valence-electron chi connectivity index (χ2n) is 3.82. The van der Waals surface area contributed by atoms with Gasteiger partial charge < -0.3 is 0 Å². The molecule has 1 aliphatic carbocycles. The Hall–Kier alpha value is -0.990. The van der Waals surface area contributed by atoms with Gasteiger partial charge in [0.25, 0.3) is 12.3 Å². The molecular formula is C10H12F4N2OS. The summed E-state index contributed by atoms with van der Waals surface area (Å²) in [6, 6.07) is 4.11. The minimum Gasteiger partial charge on any atom is -0.239 e. The molecule has 0 radical (unpaired) electrons. The van der Waals surface area contributed by atoms with E-state index in [1.54, 1.807) is 0 Å². The molecule has 0 saturated carbocycles.